The molecule has 0 spiro atoms. The summed E-state index contributed by atoms with van der Waals surface area (Å²) < 4.78 is 22.7. The molecule has 0 radical (unpaired) electrons. The van der Waals surface area contributed by atoms with Crippen molar-refractivity contribution >= 4 is 19.5 Å². The number of ether oxygens (including phenoxy) is 1. The second-order valence-electron chi connectivity index (χ2n) is 4.35. The molecule has 3 atom stereocenters. The minimum Gasteiger partial charge on any atom is -0.352 e. The van der Waals surface area contributed by atoms with E-state index in [0.717, 1.165) is 0 Å². The van der Waals surface area contributed by atoms with Crippen molar-refractivity contribution in [1.29, 1.82) is 0 Å². The summed E-state index contributed by atoms with van der Waals surface area (Å²) in [7, 11) is -2.27. The number of thiol groups is 1. The van der Waals surface area contributed by atoms with Crippen molar-refractivity contribution in [2.24, 2.45) is 0 Å². The summed E-state index contributed by atoms with van der Waals surface area (Å²) >= 11 is 3.68. The Morgan fingerprint density at radius 2 is 2.32 bits per heavy atom. The molecule has 19 heavy (non-hydrogen) atoms. The van der Waals surface area contributed by atoms with E-state index in [9.17, 15) is 14.2 Å². The molecular weight excluding hydrogens is 291 g/mol. The van der Waals surface area contributed by atoms with E-state index in [1.165, 1.54) is 10.8 Å². The summed E-state index contributed by atoms with van der Waals surface area (Å²) in [6, 6.07) is 0. The molecule has 7 nitrogen and oxygen atoms in total. The normalized spacial score (nSPS) is 24.5. The van der Waals surface area contributed by atoms with Crippen LogP contribution in [0.15, 0.2) is 15.8 Å². The fourth-order valence-corrected chi connectivity index (χ4v) is 2.53. The average Bonchev–Trinajstić information content (AvgIpc) is 2.80. The van der Waals surface area contributed by atoms with Gasteiger partial charge in [-0.3, -0.25) is 18.9 Å². The second kappa shape index (κ2) is 6.09. The van der Waals surface area contributed by atoms with E-state index >= 15 is 0 Å². The Kier molecular flexibility index (Phi) is 4.67. The lowest BCUT2D eigenvalue weighted by molar-refractivity contribution is -0.0184. The van der Waals surface area contributed by atoms with Crippen molar-refractivity contribution in [1.82, 2.24) is 9.55 Å². The molecule has 0 amide bonds. The maximum Gasteiger partial charge on any atom is 0.330 e. The largest absolute Gasteiger partial charge is 0.352 e. The van der Waals surface area contributed by atoms with Crippen molar-refractivity contribution < 1.29 is 13.8 Å². The van der Waals surface area contributed by atoms with Crippen LogP contribution in [0.3, 0.4) is 0 Å². The molecule has 1 fully saturated rings. The first-order valence-corrected chi connectivity index (χ1v) is 8.41. The molecule has 0 bridgehead atoms. The van der Waals surface area contributed by atoms with Crippen LogP contribution in [0.5, 0.6) is 0 Å². The van der Waals surface area contributed by atoms with Gasteiger partial charge in [0.05, 0.1) is 12.7 Å². The second-order valence-corrected chi connectivity index (χ2v) is 6.26. The highest BCUT2D eigenvalue weighted by atomic mass is 32.7. The maximum atomic E-state index is 11.7. The Morgan fingerprint density at radius 3 is 3.00 bits per heavy atom. The van der Waals surface area contributed by atoms with Crippen LogP contribution in [-0.4, -0.2) is 22.3 Å². The monoisotopic (exact) mass is 306 g/mol. The number of hydrogen-bond donors (Lipinski definition) is 2. The molecule has 1 N–H and O–H groups in total. The smallest absolute Gasteiger partial charge is 0.330 e. The van der Waals surface area contributed by atoms with Crippen molar-refractivity contribution in [2.45, 2.75) is 32.1 Å². The van der Waals surface area contributed by atoms with Gasteiger partial charge >= 0.3 is 5.69 Å². The average molecular weight is 306 g/mol. The first-order valence-electron chi connectivity index (χ1n) is 5.80. The van der Waals surface area contributed by atoms with E-state index in [2.05, 4.69) is 17.2 Å². The fourth-order valence-electron chi connectivity index (χ4n) is 1.98. The van der Waals surface area contributed by atoms with Gasteiger partial charge in [-0.05, 0) is 19.8 Å². The van der Waals surface area contributed by atoms with Gasteiger partial charge in [0.15, 0.2) is 0 Å². The number of H-pyrrole nitrogens is 1. The molecule has 106 valence electrons. The standard InChI is InChI=1S/C10H15N2O5PS/c1-6-4-12(10(14)11-9(6)13)8-3-2-7(17-8)5-16-18(15)19/h4,7-8,18H,2-3,5H2,1H3,(H,15,19)(H,11,13,14)/t7-,8+/m0/s1. The number of aryl methyl sites for hydroxylation is 1. The topological polar surface area (TPSA) is 90.4 Å². The molecule has 2 rings (SSSR count). The number of nitrogens with one attached hydrogen (secondary N) is 1. The summed E-state index contributed by atoms with van der Waals surface area (Å²) in [6.45, 7) is 1.81. The zero-order chi connectivity index (χ0) is 14.0. The molecule has 1 saturated heterocycles. The molecule has 1 aromatic heterocycles. The van der Waals surface area contributed by atoms with E-state index in [-0.39, 0.29) is 12.7 Å². The molecule has 1 unspecified atom stereocenters. The lowest BCUT2D eigenvalue weighted by atomic mass is 10.2. The van der Waals surface area contributed by atoms with Crippen LogP contribution in [0.4, 0.5) is 0 Å². The highest BCUT2D eigenvalue weighted by Gasteiger charge is 2.27. The van der Waals surface area contributed by atoms with Gasteiger partial charge in [-0.1, -0.05) is 12.2 Å². The van der Waals surface area contributed by atoms with Gasteiger partial charge in [0.1, 0.15) is 6.23 Å². The molecule has 9 heteroatoms. The Bertz CT molecular complexity index is 598. The lowest BCUT2D eigenvalue weighted by Crippen LogP contribution is -2.33. The third-order valence-corrected chi connectivity index (χ3v) is 3.73. The van der Waals surface area contributed by atoms with Crippen LogP contribution in [0.25, 0.3) is 0 Å². The van der Waals surface area contributed by atoms with E-state index in [1.807, 2.05) is 0 Å². The first-order chi connectivity index (χ1) is 8.97. The Morgan fingerprint density at radius 1 is 1.58 bits per heavy atom. The highest BCUT2D eigenvalue weighted by molar-refractivity contribution is 8.39. The lowest BCUT2D eigenvalue weighted by Gasteiger charge is -2.15. The van der Waals surface area contributed by atoms with Crippen molar-refractivity contribution in [3.8, 4) is 0 Å². The molecule has 1 aromatic rings. The SMILES string of the molecule is Cc1cn([C@H]2CC[C@@H](CO[PH](=O)S)O2)c(=O)[nH]c1=O. The number of hydrogen-bond acceptors (Lipinski definition) is 5. The van der Waals surface area contributed by atoms with Crippen LogP contribution in [0.2, 0.25) is 0 Å². The number of rotatable bonds is 4. The third kappa shape index (κ3) is 3.60. The Labute approximate surface area is 115 Å². The van der Waals surface area contributed by atoms with Gasteiger partial charge < -0.3 is 9.26 Å². The summed E-state index contributed by atoms with van der Waals surface area (Å²) in [4.78, 5) is 25.2. The molecule has 2 heterocycles. The van der Waals surface area contributed by atoms with Gasteiger partial charge in [0.25, 0.3) is 5.56 Å². The number of aromatic amines is 1. The summed E-state index contributed by atoms with van der Waals surface area (Å²) in [5.74, 6) is 0. The van der Waals surface area contributed by atoms with Gasteiger partial charge in [-0.15, -0.1) is 0 Å². The summed E-state index contributed by atoms with van der Waals surface area (Å²) in [5.41, 5.74) is -0.443. The first kappa shape index (κ1) is 14.6. The van der Waals surface area contributed by atoms with Crippen LogP contribution in [-0.2, 0) is 13.8 Å². The fraction of sp³-hybridized carbons (Fsp3) is 0.600. The zero-order valence-corrected chi connectivity index (χ0v) is 12.2. The molecular formula is C10H15N2O5PS. The van der Waals surface area contributed by atoms with E-state index in [1.54, 1.807) is 6.92 Å². The van der Waals surface area contributed by atoms with Crippen molar-refractivity contribution in [2.75, 3.05) is 6.61 Å². The molecule has 1 aliphatic rings. The van der Waals surface area contributed by atoms with Crippen LogP contribution in [0.1, 0.15) is 24.6 Å². The molecule has 1 aliphatic heterocycles. The molecule has 0 aromatic carbocycles. The summed E-state index contributed by atoms with van der Waals surface area (Å²) in [5, 5.41) is 0. The van der Waals surface area contributed by atoms with Crippen LogP contribution < -0.4 is 11.2 Å². The number of nitrogens with zero attached hydrogens (tertiary/aromatic N) is 1. The van der Waals surface area contributed by atoms with Gasteiger partial charge in [0.2, 0.25) is 7.23 Å². The van der Waals surface area contributed by atoms with Gasteiger partial charge in [0, 0.05) is 11.8 Å². The Hall–Kier alpha value is -0.820. The van der Waals surface area contributed by atoms with Crippen molar-refractivity contribution in [3.05, 3.63) is 32.6 Å². The Balaban J connectivity index is 2.09. The van der Waals surface area contributed by atoms with Crippen LogP contribution in [0, 0.1) is 6.92 Å². The van der Waals surface area contributed by atoms with Crippen LogP contribution >= 0.6 is 19.5 Å². The predicted octanol–water partition coefficient (Wildman–Crippen LogP) is 0.859. The zero-order valence-electron chi connectivity index (χ0n) is 10.3. The quantitative estimate of drug-likeness (QED) is 0.636. The summed E-state index contributed by atoms with van der Waals surface area (Å²) in [6.07, 6.45) is 2.16. The minimum absolute atomic E-state index is 0.189. The molecule has 0 saturated carbocycles. The third-order valence-electron chi connectivity index (χ3n) is 2.93. The minimum atomic E-state index is -2.27. The predicted molar refractivity (Wildman–Crippen MR) is 73.1 cm³/mol. The number of aromatic nitrogens is 2. The van der Waals surface area contributed by atoms with Gasteiger partial charge in [-0.25, -0.2) is 4.79 Å². The van der Waals surface area contributed by atoms with E-state index in [4.69, 9.17) is 9.26 Å². The van der Waals surface area contributed by atoms with E-state index in [0.29, 0.717) is 18.4 Å². The van der Waals surface area contributed by atoms with Crippen molar-refractivity contribution in [3.63, 3.8) is 0 Å². The highest BCUT2D eigenvalue weighted by Crippen LogP contribution is 2.32. The van der Waals surface area contributed by atoms with Gasteiger partial charge in [-0.2, -0.15) is 0 Å². The maximum absolute atomic E-state index is 11.7. The van der Waals surface area contributed by atoms with E-state index < -0.39 is 24.7 Å². The molecule has 0 aliphatic carbocycles.